The van der Waals surface area contributed by atoms with Crippen LogP contribution < -0.4 is 10.1 Å². The van der Waals surface area contributed by atoms with E-state index < -0.39 is 6.10 Å². The zero-order valence-electron chi connectivity index (χ0n) is 12.6. The van der Waals surface area contributed by atoms with E-state index in [-0.39, 0.29) is 11.7 Å². The summed E-state index contributed by atoms with van der Waals surface area (Å²) in [4.78, 5) is 13.1. The third-order valence-corrected chi connectivity index (χ3v) is 4.50. The van der Waals surface area contributed by atoms with Crippen molar-refractivity contribution >= 4 is 28.2 Å². The predicted molar refractivity (Wildman–Crippen MR) is 89.0 cm³/mol. The van der Waals surface area contributed by atoms with E-state index in [1.807, 2.05) is 29.6 Å². The van der Waals surface area contributed by atoms with Gasteiger partial charge in [0.25, 0.3) is 5.91 Å². The molecule has 2 heterocycles. The summed E-state index contributed by atoms with van der Waals surface area (Å²) in [6, 6.07) is 10.9. The lowest BCUT2D eigenvalue weighted by molar-refractivity contribution is 0.0917. The van der Waals surface area contributed by atoms with Gasteiger partial charge in [0.05, 0.1) is 13.2 Å². The largest absolute Gasteiger partial charge is 0.493 e. The third-order valence-electron chi connectivity index (χ3n) is 3.53. The number of rotatable bonds is 6. The van der Waals surface area contributed by atoms with Crippen molar-refractivity contribution in [2.75, 3.05) is 13.7 Å². The zero-order valence-corrected chi connectivity index (χ0v) is 13.4. The van der Waals surface area contributed by atoms with E-state index in [2.05, 4.69) is 5.32 Å². The van der Waals surface area contributed by atoms with Gasteiger partial charge < -0.3 is 19.6 Å². The molecule has 0 spiro atoms. The Morgan fingerprint density at radius 2 is 2.26 bits per heavy atom. The van der Waals surface area contributed by atoms with Crippen LogP contribution in [0.3, 0.4) is 0 Å². The molecule has 6 heteroatoms. The number of hydrogen-bond donors (Lipinski definition) is 2. The van der Waals surface area contributed by atoms with Crippen molar-refractivity contribution in [2.24, 2.45) is 0 Å². The van der Waals surface area contributed by atoms with Crippen LogP contribution in [0.5, 0.6) is 5.75 Å². The highest BCUT2D eigenvalue weighted by atomic mass is 32.1. The zero-order chi connectivity index (χ0) is 16.2. The second kappa shape index (κ2) is 6.85. The molecule has 0 aliphatic heterocycles. The average molecular weight is 331 g/mol. The van der Waals surface area contributed by atoms with E-state index >= 15 is 0 Å². The van der Waals surface area contributed by atoms with Gasteiger partial charge in [-0.25, -0.2) is 0 Å². The Labute approximate surface area is 137 Å². The summed E-state index contributed by atoms with van der Waals surface area (Å²) < 4.78 is 10.8. The van der Waals surface area contributed by atoms with Crippen molar-refractivity contribution in [1.29, 1.82) is 0 Å². The van der Waals surface area contributed by atoms with E-state index in [1.54, 1.807) is 19.2 Å². The molecule has 0 fully saturated rings. The number of ether oxygens (including phenoxy) is 1. The summed E-state index contributed by atoms with van der Waals surface area (Å²) in [5.74, 6) is 0.520. The summed E-state index contributed by atoms with van der Waals surface area (Å²) in [6.07, 6.45) is -0.110. The molecule has 0 radical (unpaired) electrons. The van der Waals surface area contributed by atoms with Crippen LogP contribution in [0.2, 0.25) is 0 Å². The number of aliphatic hydroxyl groups excluding tert-OH is 1. The van der Waals surface area contributed by atoms with E-state index in [0.29, 0.717) is 24.3 Å². The van der Waals surface area contributed by atoms with Crippen LogP contribution in [0.1, 0.15) is 28.0 Å². The molecular weight excluding hydrogens is 314 g/mol. The Morgan fingerprint density at radius 1 is 1.39 bits per heavy atom. The summed E-state index contributed by atoms with van der Waals surface area (Å²) >= 11 is 1.50. The molecule has 1 aromatic carbocycles. The SMILES string of the molecule is COc1cccc2cc(C(=O)NCCC(O)c3cccs3)oc12. The maximum Gasteiger partial charge on any atom is 0.287 e. The van der Waals surface area contributed by atoms with Crippen molar-refractivity contribution in [2.45, 2.75) is 12.5 Å². The van der Waals surface area contributed by atoms with Crippen LogP contribution in [-0.2, 0) is 0 Å². The van der Waals surface area contributed by atoms with Crippen LogP contribution in [0.15, 0.2) is 46.2 Å². The van der Waals surface area contributed by atoms with Gasteiger partial charge in [-0.1, -0.05) is 18.2 Å². The van der Waals surface area contributed by atoms with Gasteiger partial charge in [0, 0.05) is 16.8 Å². The lowest BCUT2D eigenvalue weighted by atomic mass is 10.2. The van der Waals surface area contributed by atoms with Crippen molar-refractivity contribution in [3.8, 4) is 5.75 Å². The third kappa shape index (κ3) is 3.38. The molecule has 0 saturated carbocycles. The van der Waals surface area contributed by atoms with Gasteiger partial charge >= 0.3 is 0 Å². The monoisotopic (exact) mass is 331 g/mol. The van der Waals surface area contributed by atoms with Crippen molar-refractivity contribution in [3.05, 3.63) is 52.4 Å². The number of para-hydroxylation sites is 1. The van der Waals surface area contributed by atoms with E-state index in [0.717, 1.165) is 10.3 Å². The Morgan fingerprint density at radius 3 is 3.00 bits per heavy atom. The van der Waals surface area contributed by atoms with Crippen LogP contribution in [0.4, 0.5) is 0 Å². The Bertz CT molecular complexity index is 794. The molecule has 1 amide bonds. The molecule has 1 atom stereocenters. The molecule has 5 nitrogen and oxygen atoms in total. The molecule has 3 aromatic rings. The second-order valence-electron chi connectivity index (χ2n) is 5.07. The average Bonchev–Trinajstić information content (AvgIpc) is 3.23. The highest BCUT2D eigenvalue weighted by Gasteiger charge is 2.15. The molecule has 2 aromatic heterocycles. The molecule has 2 N–H and O–H groups in total. The van der Waals surface area contributed by atoms with Gasteiger partial charge in [-0.15, -0.1) is 11.3 Å². The van der Waals surface area contributed by atoms with E-state index in [1.165, 1.54) is 11.3 Å². The Kier molecular flexibility index (Phi) is 4.64. The van der Waals surface area contributed by atoms with E-state index in [4.69, 9.17) is 9.15 Å². The summed E-state index contributed by atoms with van der Waals surface area (Å²) in [7, 11) is 1.56. The maximum atomic E-state index is 12.2. The summed E-state index contributed by atoms with van der Waals surface area (Å²) in [5.41, 5.74) is 0.554. The molecule has 120 valence electrons. The van der Waals surface area contributed by atoms with Crippen molar-refractivity contribution < 1.29 is 19.1 Å². The molecular formula is C17H17NO4S. The first kappa shape index (κ1) is 15.6. The molecule has 0 saturated heterocycles. The van der Waals surface area contributed by atoms with Gasteiger partial charge in [0.1, 0.15) is 0 Å². The molecule has 0 aliphatic rings. The minimum absolute atomic E-state index is 0.232. The number of methoxy groups -OCH3 is 1. The van der Waals surface area contributed by atoms with Gasteiger partial charge in [0.15, 0.2) is 17.1 Å². The Hall–Kier alpha value is -2.31. The topological polar surface area (TPSA) is 71.7 Å². The number of carbonyl (C=O) groups is 1. The number of thiophene rings is 1. The fourth-order valence-corrected chi connectivity index (χ4v) is 3.09. The number of fused-ring (bicyclic) bond motifs is 1. The van der Waals surface area contributed by atoms with Crippen molar-refractivity contribution in [3.63, 3.8) is 0 Å². The molecule has 3 rings (SSSR count). The number of nitrogens with one attached hydrogen (secondary N) is 1. The first-order valence-corrected chi connectivity index (χ1v) is 8.13. The lowest BCUT2D eigenvalue weighted by Gasteiger charge is -2.08. The molecule has 0 aliphatic carbocycles. The molecule has 0 bridgehead atoms. The van der Waals surface area contributed by atoms with Crippen LogP contribution in [0, 0.1) is 0 Å². The first-order valence-electron chi connectivity index (χ1n) is 7.25. The van der Waals surface area contributed by atoms with Crippen LogP contribution >= 0.6 is 11.3 Å². The molecule has 23 heavy (non-hydrogen) atoms. The van der Waals surface area contributed by atoms with E-state index in [9.17, 15) is 9.90 Å². The fraction of sp³-hybridized carbons (Fsp3) is 0.235. The Balaban J connectivity index is 1.62. The second-order valence-corrected chi connectivity index (χ2v) is 6.04. The lowest BCUT2D eigenvalue weighted by Crippen LogP contribution is -2.25. The van der Waals surface area contributed by atoms with Gasteiger partial charge in [-0.3, -0.25) is 4.79 Å². The van der Waals surface area contributed by atoms with Gasteiger partial charge in [0.2, 0.25) is 0 Å². The number of aliphatic hydroxyl groups is 1. The van der Waals surface area contributed by atoms with Crippen LogP contribution in [0.25, 0.3) is 11.0 Å². The minimum atomic E-state index is -0.564. The molecule has 1 unspecified atom stereocenters. The fourth-order valence-electron chi connectivity index (χ4n) is 2.34. The van der Waals surface area contributed by atoms with Crippen LogP contribution in [-0.4, -0.2) is 24.7 Å². The standard InChI is InChI=1S/C17H17NO4S/c1-21-13-5-2-4-11-10-14(22-16(11)13)17(20)18-8-7-12(19)15-6-3-9-23-15/h2-6,9-10,12,19H,7-8H2,1H3,(H,18,20). The minimum Gasteiger partial charge on any atom is -0.493 e. The summed E-state index contributed by atoms with van der Waals surface area (Å²) in [5, 5.41) is 15.5. The quantitative estimate of drug-likeness (QED) is 0.726. The number of hydrogen-bond acceptors (Lipinski definition) is 5. The maximum absolute atomic E-state index is 12.2. The van der Waals surface area contributed by atoms with Gasteiger partial charge in [-0.05, 0) is 30.0 Å². The number of carbonyl (C=O) groups excluding carboxylic acids is 1. The highest BCUT2D eigenvalue weighted by Crippen LogP contribution is 2.28. The predicted octanol–water partition coefficient (Wildman–Crippen LogP) is 3.36. The number of furan rings is 1. The normalized spacial score (nSPS) is 12.3. The number of benzene rings is 1. The highest BCUT2D eigenvalue weighted by molar-refractivity contribution is 7.10. The number of amides is 1. The summed E-state index contributed by atoms with van der Waals surface area (Å²) in [6.45, 7) is 0.367. The van der Waals surface area contributed by atoms with Crippen molar-refractivity contribution in [1.82, 2.24) is 5.32 Å². The van der Waals surface area contributed by atoms with Gasteiger partial charge in [-0.2, -0.15) is 0 Å². The smallest absolute Gasteiger partial charge is 0.287 e. The first-order chi connectivity index (χ1) is 11.2.